The van der Waals surface area contributed by atoms with Gasteiger partial charge in [-0.3, -0.25) is 4.79 Å². The Morgan fingerprint density at radius 2 is 1.92 bits per heavy atom. The smallest absolute Gasteiger partial charge is 0.275 e. The molecule has 2 aliphatic rings. The van der Waals surface area contributed by atoms with Gasteiger partial charge >= 0.3 is 0 Å². The Bertz CT molecular complexity index is 552. The fourth-order valence-corrected chi connectivity index (χ4v) is 4.17. The summed E-state index contributed by atoms with van der Waals surface area (Å²) in [5, 5.41) is 3.29. The van der Waals surface area contributed by atoms with Gasteiger partial charge in [-0.2, -0.15) is 0 Å². The van der Waals surface area contributed by atoms with Crippen LogP contribution in [0.1, 0.15) is 38.2 Å². The van der Waals surface area contributed by atoms with Gasteiger partial charge in [0.2, 0.25) is 0 Å². The lowest BCUT2D eigenvalue weighted by molar-refractivity contribution is -0.892. The maximum absolute atomic E-state index is 12.4. The number of carbonyl (C=O) groups excluding carboxylic acids is 1. The highest BCUT2D eigenvalue weighted by atomic mass is 16.2. The number of piperazine rings is 1. The number of para-hydroxylation sites is 1. The molecule has 1 saturated heterocycles. The van der Waals surface area contributed by atoms with Crippen molar-refractivity contribution in [2.45, 2.75) is 45.6 Å². The molecular formula is C20H32N3O+. The van der Waals surface area contributed by atoms with E-state index < -0.39 is 0 Å². The van der Waals surface area contributed by atoms with Crippen molar-refractivity contribution in [1.29, 1.82) is 0 Å². The van der Waals surface area contributed by atoms with Gasteiger partial charge in [0, 0.05) is 11.7 Å². The Labute approximate surface area is 146 Å². The van der Waals surface area contributed by atoms with E-state index in [1.807, 2.05) is 0 Å². The van der Waals surface area contributed by atoms with Crippen LogP contribution in [-0.4, -0.2) is 44.7 Å². The van der Waals surface area contributed by atoms with Crippen LogP contribution in [0.4, 0.5) is 5.69 Å². The fraction of sp³-hybridized carbons (Fsp3) is 0.650. The zero-order valence-corrected chi connectivity index (χ0v) is 15.2. The van der Waals surface area contributed by atoms with Crippen molar-refractivity contribution >= 4 is 11.6 Å². The molecule has 2 fully saturated rings. The number of benzene rings is 1. The van der Waals surface area contributed by atoms with Gasteiger partial charge < -0.3 is 15.1 Å². The molecule has 3 rings (SSSR count). The Balaban J connectivity index is 1.45. The van der Waals surface area contributed by atoms with E-state index in [1.165, 1.54) is 35.4 Å². The SMILES string of the molecule is Cc1ccccc1N1CC[NH+](CC(=O)N[C@H]2CCCC[C@@H]2C)CC1. The largest absolute Gasteiger partial charge is 0.360 e. The van der Waals surface area contributed by atoms with Gasteiger partial charge in [0.1, 0.15) is 0 Å². The van der Waals surface area contributed by atoms with E-state index in [-0.39, 0.29) is 5.91 Å². The summed E-state index contributed by atoms with van der Waals surface area (Å²) in [5.74, 6) is 0.878. The lowest BCUT2D eigenvalue weighted by Gasteiger charge is -2.35. The Morgan fingerprint density at radius 1 is 1.21 bits per heavy atom. The lowest BCUT2D eigenvalue weighted by atomic mass is 9.86. The minimum atomic E-state index is 0.244. The number of anilines is 1. The molecule has 4 nitrogen and oxygen atoms in total. The normalized spacial score (nSPS) is 25.5. The average molecular weight is 330 g/mol. The summed E-state index contributed by atoms with van der Waals surface area (Å²) in [5.41, 5.74) is 2.68. The van der Waals surface area contributed by atoms with E-state index in [0.29, 0.717) is 18.5 Å². The van der Waals surface area contributed by atoms with Crippen LogP contribution in [-0.2, 0) is 4.79 Å². The minimum absolute atomic E-state index is 0.244. The molecule has 0 unspecified atom stereocenters. The van der Waals surface area contributed by atoms with Crippen molar-refractivity contribution in [3.05, 3.63) is 29.8 Å². The third kappa shape index (κ3) is 4.29. The summed E-state index contributed by atoms with van der Waals surface area (Å²) in [6, 6.07) is 8.99. The summed E-state index contributed by atoms with van der Waals surface area (Å²) >= 11 is 0. The number of hydrogen-bond acceptors (Lipinski definition) is 2. The molecule has 1 aromatic rings. The predicted octanol–water partition coefficient (Wildman–Crippen LogP) is 1.39. The predicted molar refractivity (Wildman–Crippen MR) is 98.5 cm³/mol. The van der Waals surface area contributed by atoms with Crippen LogP contribution < -0.4 is 15.1 Å². The molecule has 0 spiro atoms. The summed E-state index contributed by atoms with van der Waals surface area (Å²) in [6.07, 6.45) is 4.99. The van der Waals surface area contributed by atoms with Crippen molar-refractivity contribution in [2.75, 3.05) is 37.6 Å². The Hall–Kier alpha value is -1.55. The maximum atomic E-state index is 12.4. The number of amides is 1. The van der Waals surface area contributed by atoms with Crippen molar-refractivity contribution in [3.63, 3.8) is 0 Å². The summed E-state index contributed by atoms with van der Waals surface area (Å²) < 4.78 is 0. The van der Waals surface area contributed by atoms with Crippen molar-refractivity contribution in [1.82, 2.24) is 5.32 Å². The lowest BCUT2D eigenvalue weighted by Crippen LogP contribution is -3.16. The molecule has 132 valence electrons. The molecule has 2 atom stereocenters. The number of nitrogens with one attached hydrogen (secondary N) is 2. The standard InChI is InChI=1S/C20H31N3O/c1-16-7-3-5-9-18(16)21-20(24)15-22-11-13-23(14-12-22)19-10-6-4-8-17(19)2/h4,6,8,10,16,18H,3,5,7,9,11-15H2,1-2H3,(H,21,24)/p+1/t16-,18-/m0/s1. The van der Waals surface area contributed by atoms with Gasteiger partial charge in [0.05, 0.1) is 26.2 Å². The Kier molecular flexibility index (Phi) is 5.77. The van der Waals surface area contributed by atoms with Gasteiger partial charge in [-0.05, 0) is 37.3 Å². The van der Waals surface area contributed by atoms with Crippen LogP contribution in [0.2, 0.25) is 0 Å². The van der Waals surface area contributed by atoms with Crippen LogP contribution in [0.5, 0.6) is 0 Å². The number of nitrogens with zero attached hydrogens (tertiary/aromatic N) is 1. The molecule has 2 N–H and O–H groups in total. The first-order chi connectivity index (χ1) is 11.6. The highest BCUT2D eigenvalue weighted by Crippen LogP contribution is 2.23. The number of aryl methyl sites for hydroxylation is 1. The molecule has 0 radical (unpaired) electrons. The average Bonchev–Trinajstić information content (AvgIpc) is 2.58. The highest BCUT2D eigenvalue weighted by molar-refractivity contribution is 5.77. The van der Waals surface area contributed by atoms with Crippen molar-refractivity contribution in [2.24, 2.45) is 5.92 Å². The number of hydrogen-bond donors (Lipinski definition) is 2. The van der Waals surface area contributed by atoms with Gasteiger partial charge in [-0.25, -0.2) is 0 Å². The molecule has 1 aromatic carbocycles. The summed E-state index contributed by atoms with van der Waals surface area (Å²) in [7, 11) is 0. The first-order valence-electron chi connectivity index (χ1n) is 9.57. The van der Waals surface area contributed by atoms with Gasteiger partial charge in [-0.15, -0.1) is 0 Å². The number of rotatable bonds is 4. The topological polar surface area (TPSA) is 36.8 Å². The maximum Gasteiger partial charge on any atom is 0.275 e. The molecule has 1 amide bonds. The van der Waals surface area contributed by atoms with E-state index in [9.17, 15) is 4.79 Å². The molecular weight excluding hydrogens is 298 g/mol. The summed E-state index contributed by atoms with van der Waals surface area (Å²) in [4.78, 5) is 16.3. The molecule has 1 aliphatic carbocycles. The van der Waals surface area contributed by atoms with Crippen LogP contribution in [0.3, 0.4) is 0 Å². The van der Waals surface area contributed by atoms with Crippen LogP contribution in [0, 0.1) is 12.8 Å². The molecule has 24 heavy (non-hydrogen) atoms. The summed E-state index contributed by atoms with van der Waals surface area (Å²) in [6.45, 7) is 9.24. The van der Waals surface area contributed by atoms with Gasteiger partial charge in [0.15, 0.2) is 6.54 Å². The van der Waals surface area contributed by atoms with Crippen LogP contribution in [0.25, 0.3) is 0 Å². The number of carbonyl (C=O) groups is 1. The molecule has 1 aliphatic heterocycles. The molecule has 1 heterocycles. The second-order valence-corrected chi connectivity index (χ2v) is 7.64. The molecule has 0 aromatic heterocycles. The van der Waals surface area contributed by atoms with Crippen LogP contribution >= 0.6 is 0 Å². The van der Waals surface area contributed by atoms with E-state index in [0.717, 1.165) is 32.6 Å². The third-order valence-electron chi connectivity index (χ3n) is 5.80. The third-order valence-corrected chi connectivity index (χ3v) is 5.80. The van der Waals surface area contributed by atoms with E-state index in [2.05, 4.69) is 48.3 Å². The van der Waals surface area contributed by atoms with Gasteiger partial charge in [-0.1, -0.05) is 38.0 Å². The monoisotopic (exact) mass is 330 g/mol. The first kappa shape index (κ1) is 17.3. The number of quaternary nitrogens is 1. The molecule has 4 heteroatoms. The van der Waals surface area contributed by atoms with Crippen LogP contribution in [0.15, 0.2) is 24.3 Å². The van der Waals surface area contributed by atoms with E-state index in [4.69, 9.17) is 0 Å². The van der Waals surface area contributed by atoms with Crippen molar-refractivity contribution < 1.29 is 9.69 Å². The Morgan fingerprint density at radius 3 is 2.62 bits per heavy atom. The zero-order chi connectivity index (χ0) is 16.9. The van der Waals surface area contributed by atoms with Crippen molar-refractivity contribution in [3.8, 4) is 0 Å². The van der Waals surface area contributed by atoms with E-state index in [1.54, 1.807) is 0 Å². The first-order valence-corrected chi connectivity index (χ1v) is 9.57. The zero-order valence-electron chi connectivity index (χ0n) is 15.2. The molecule has 1 saturated carbocycles. The highest BCUT2D eigenvalue weighted by Gasteiger charge is 2.26. The molecule has 0 bridgehead atoms. The second kappa shape index (κ2) is 8.02. The van der Waals surface area contributed by atoms with Gasteiger partial charge in [0.25, 0.3) is 5.91 Å². The fourth-order valence-electron chi connectivity index (χ4n) is 4.17. The second-order valence-electron chi connectivity index (χ2n) is 7.64. The quantitative estimate of drug-likeness (QED) is 0.875. The van der Waals surface area contributed by atoms with E-state index >= 15 is 0 Å². The minimum Gasteiger partial charge on any atom is -0.360 e.